The van der Waals surface area contributed by atoms with Gasteiger partial charge in [-0.05, 0) is 44.3 Å². The number of benzene rings is 1. The summed E-state index contributed by atoms with van der Waals surface area (Å²) >= 11 is 0. The van der Waals surface area contributed by atoms with Crippen molar-refractivity contribution >= 4 is 16.7 Å². The smallest absolute Gasteiger partial charge is 0.314 e. The van der Waals surface area contributed by atoms with Crippen LogP contribution in [0.25, 0.3) is 11.0 Å². The second-order valence-electron chi connectivity index (χ2n) is 6.60. The normalized spacial score (nSPS) is 21.1. The number of likely N-dealkylation sites (tertiary alicyclic amines) is 1. The summed E-state index contributed by atoms with van der Waals surface area (Å²) in [5.74, 6) is 0. The fourth-order valence-corrected chi connectivity index (χ4v) is 4.06. The van der Waals surface area contributed by atoms with E-state index in [1.54, 1.807) is 0 Å². The van der Waals surface area contributed by atoms with Crippen molar-refractivity contribution < 1.29 is 4.92 Å². The van der Waals surface area contributed by atoms with E-state index >= 15 is 0 Å². The number of fused-ring (bicyclic) bond motifs is 3. The molecule has 0 amide bonds. The summed E-state index contributed by atoms with van der Waals surface area (Å²) < 4.78 is 0. The fourth-order valence-electron chi connectivity index (χ4n) is 4.06. The van der Waals surface area contributed by atoms with Gasteiger partial charge in [-0.15, -0.1) is 0 Å². The van der Waals surface area contributed by atoms with Gasteiger partial charge in [-0.2, -0.15) is 0 Å². The van der Waals surface area contributed by atoms with Crippen LogP contribution in [0, 0.1) is 10.1 Å². The van der Waals surface area contributed by atoms with Crippen molar-refractivity contribution in [2.45, 2.75) is 38.1 Å². The Morgan fingerprint density at radius 1 is 1.04 bits per heavy atom. The van der Waals surface area contributed by atoms with E-state index in [1.165, 1.54) is 12.5 Å². The molecule has 1 unspecified atom stereocenters. The molecule has 0 spiro atoms. The fraction of sp³-hybridized carbons (Fsp3) is 0.500. The molecule has 8 heteroatoms. The van der Waals surface area contributed by atoms with Crippen molar-refractivity contribution in [3.05, 3.63) is 48.0 Å². The number of piperidine rings is 1. The third-order valence-electron chi connectivity index (χ3n) is 5.20. The van der Waals surface area contributed by atoms with Crippen molar-refractivity contribution in [2.24, 2.45) is 0 Å². The number of nitrogens with one attached hydrogen (secondary N) is 2. The van der Waals surface area contributed by atoms with Crippen molar-refractivity contribution in [1.29, 1.82) is 0 Å². The lowest BCUT2D eigenvalue weighted by Gasteiger charge is -2.32. The van der Waals surface area contributed by atoms with Crippen molar-refractivity contribution in [3.8, 4) is 0 Å². The van der Waals surface area contributed by atoms with Crippen LogP contribution in [-0.2, 0) is 12.8 Å². The number of H-pyrrole nitrogens is 2. The minimum Gasteiger partial charge on any atom is -0.316 e. The van der Waals surface area contributed by atoms with Gasteiger partial charge in [-0.1, -0.05) is 6.42 Å². The summed E-state index contributed by atoms with van der Waals surface area (Å²) in [5.41, 5.74) is 0.847. The molecule has 1 aliphatic heterocycles. The van der Waals surface area contributed by atoms with Gasteiger partial charge in [0.05, 0.1) is 16.0 Å². The number of aromatic amines is 2. The Morgan fingerprint density at radius 3 is 2.42 bits per heavy atom. The first-order chi connectivity index (χ1) is 11.5. The highest BCUT2D eigenvalue weighted by Crippen LogP contribution is 2.37. The predicted molar refractivity (Wildman–Crippen MR) is 88.5 cm³/mol. The molecule has 1 saturated heterocycles. The summed E-state index contributed by atoms with van der Waals surface area (Å²) in [7, 11) is 0. The number of aromatic nitrogens is 2. The van der Waals surface area contributed by atoms with Gasteiger partial charge in [0.2, 0.25) is 0 Å². The Hall–Kier alpha value is -2.48. The molecule has 8 nitrogen and oxygen atoms in total. The molecule has 1 atom stereocenters. The van der Waals surface area contributed by atoms with E-state index in [-0.39, 0.29) is 11.7 Å². The van der Waals surface area contributed by atoms with Crippen LogP contribution >= 0.6 is 0 Å². The maximum absolute atomic E-state index is 11.7. The van der Waals surface area contributed by atoms with Crippen molar-refractivity contribution in [2.75, 3.05) is 13.1 Å². The molecule has 2 heterocycles. The Bertz CT molecular complexity index is 939. The Kier molecular flexibility index (Phi) is 3.49. The zero-order valence-corrected chi connectivity index (χ0v) is 13.1. The van der Waals surface area contributed by atoms with Crippen LogP contribution in [0.5, 0.6) is 0 Å². The Morgan fingerprint density at radius 2 is 1.71 bits per heavy atom. The monoisotopic (exact) mass is 330 g/mol. The van der Waals surface area contributed by atoms with E-state index in [1.807, 2.05) is 0 Å². The summed E-state index contributed by atoms with van der Waals surface area (Å²) in [6.45, 7) is 2.02. The molecule has 1 aromatic heterocycles. The summed E-state index contributed by atoms with van der Waals surface area (Å²) in [4.78, 5) is 41.8. The van der Waals surface area contributed by atoms with Gasteiger partial charge in [0.1, 0.15) is 0 Å². The minimum absolute atomic E-state index is 0.0275. The number of nitrogens with zero attached hydrogens (tertiary/aromatic N) is 2. The third-order valence-corrected chi connectivity index (χ3v) is 5.20. The number of hydrogen-bond donors (Lipinski definition) is 2. The van der Waals surface area contributed by atoms with Crippen LogP contribution in [0.2, 0.25) is 0 Å². The first-order valence-electron chi connectivity index (χ1n) is 8.24. The lowest BCUT2D eigenvalue weighted by molar-refractivity contribution is -0.385. The number of nitro benzene ring substituents is 1. The van der Waals surface area contributed by atoms with Crippen LogP contribution in [0.15, 0.2) is 15.7 Å². The first kappa shape index (κ1) is 15.1. The highest BCUT2D eigenvalue weighted by Gasteiger charge is 2.34. The van der Waals surface area contributed by atoms with Crippen molar-refractivity contribution in [3.63, 3.8) is 0 Å². The minimum atomic E-state index is -0.790. The highest BCUT2D eigenvalue weighted by atomic mass is 16.6. The van der Waals surface area contributed by atoms with E-state index in [0.717, 1.165) is 31.5 Å². The molecule has 2 N–H and O–H groups in total. The maximum Gasteiger partial charge on any atom is 0.314 e. The third kappa shape index (κ3) is 2.34. The summed E-state index contributed by atoms with van der Waals surface area (Å²) in [5, 5.41) is 11.5. The van der Waals surface area contributed by atoms with Crippen LogP contribution in [-0.4, -0.2) is 38.9 Å². The highest BCUT2D eigenvalue weighted by molar-refractivity contribution is 5.83. The largest absolute Gasteiger partial charge is 0.316 e. The van der Waals surface area contributed by atoms with Crippen LogP contribution < -0.4 is 11.1 Å². The van der Waals surface area contributed by atoms with Crippen LogP contribution in [0.3, 0.4) is 0 Å². The maximum atomic E-state index is 11.7. The lowest BCUT2D eigenvalue weighted by atomic mass is 10.1. The molecule has 1 fully saturated rings. The molecule has 0 bridgehead atoms. The predicted octanol–water partition coefficient (Wildman–Crippen LogP) is 1.08. The van der Waals surface area contributed by atoms with Crippen molar-refractivity contribution in [1.82, 2.24) is 14.9 Å². The molecule has 0 radical (unpaired) electrons. The molecular weight excluding hydrogens is 312 g/mol. The van der Waals surface area contributed by atoms with Crippen LogP contribution in [0.1, 0.15) is 30.4 Å². The quantitative estimate of drug-likeness (QED) is 0.486. The molecule has 2 aromatic rings. The molecule has 126 valence electrons. The second kappa shape index (κ2) is 5.55. The van der Waals surface area contributed by atoms with Gasteiger partial charge >= 0.3 is 11.1 Å². The van der Waals surface area contributed by atoms with Gasteiger partial charge in [0.15, 0.2) is 0 Å². The van der Waals surface area contributed by atoms with Gasteiger partial charge < -0.3 is 9.97 Å². The van der Waals surface area contributed by atoms with Crippen LogP contribution in [0.4, 0.5) is 5.69 Å². The molecule has 2 aliphatic rings. The van der Waals surface area contributed by atoms with E-state index in [9.17, 15) is 19.7 Å². The SMILES string of the molecule is O=c1[nH]c2cc([N+](=O)[O-])c3c(c2[nH]c1=O)CC(N1CCCCC1)C3. The zero-order chi connectivity index (χ0) is 16.8. The Balaban J connectivity index is 1.86. The molecule has 0 saturated carbocycles. The number of nitro groups is 1. The molecule has 1 aliphatic carbocycles. The standard InChI is InChI=1S/C16H18N4O4/c21-15-16(22)18-14-11-7-9(19-4-2-1-3-5-19)6-10(11)13(20(23)24)8-12(14)17-15/h8-9H,1-7H2,(H,17,21)(H,18,22). The van der Waals surface area contributed by atoms with Gasteiger partial charge in [0.25, 0.3) is 5.69 Å². The molecule has 1 aromatic carbocycles. The van der Waals surface area contributed by atoms with E-state index in [2.05, 4.69) is 14.9 Å². The zero-order valence-electron chi connectivity index (χ0n) is 13.1. The van der Waals surface area contributed by atoms with Gasteiger partial charge in [-0.3, -0.25) is 24.6 Å². The van der Waals surface area contributed by atoms with E-state index in [4.69, 9.17) is 0 Å². The van der Waals surface area contributed by atoms with E-state index < -0.39 is 16.0 Å². The summed E-state index contributed by atoms with van der Waals surface area (Å²) in [6.07, 6.45) is 4.81. The average Bonchev–Trinajstić information content (AvgIpc) is 3.01. The number of rotatable bonds is 2. The molecular formula is C16H18N4O4. The second-order valence-corrected chi connectivity index (χ2v) is 6.60. The number of hydrogen-bond acceptors (Lipinski definition) is 5. The Labute approximate surface area is 136 Å². The van der Waals surface area contributed by atoms with Gasteiger partial charge in [-0.25, -0.2) is 0 Å². The molecule has 24 heavy (non-hydrogen) atoms. The molecule has 4 rings (SSSR count). The topological polar surface area (TPSA) is 112 Å². The van der Waals surface area contributed by atoms with Gasteiger partial charge in [0, 0.05) is 17.7 Å². The first-order valence-corrected chi connectivity index (χ1v) is 8.24. The van der Waals surface area contributed by atoms with E-state index in [0.29, 0.717) is 29.4 Å². The lowest BCUT2D eigenvalue weighted by Crippen LogP contribution is -2.39. The summed E-state index contributed by atoms with van der Waals surface area (Å²) in [6, 6.07) is 1.59. The average molecular weight is 330 g/mol.